The predicted octanol–water partition coefficient (Wildman–Crippen LogP) is 8.73. The zero-order valence-electron chi connectivity index (χ0n) is 28.9. The lowest BCUT2D eigenvalue weighted by Crippen LogP contribution is -2.66. The molecule has 7 heteroatoms. The van der Waals surface area contributed by atoms with Crippen LogP contribution in [0, 0.1) is 34.5 Å². The van der Waals surface area contributed by atoms with Gasteiger partial charge in [-0.25, -0.2) is 0 Å². The highest BCUT2D eigenvalue weighted by molar-refractivity contribution is 6.74. The molecule has 5 aliphatic rings. The molecule has 1 saturated heterocycles. The second kappa shape index (κ2) is 9.72. The summed E-state index contributed by atoms with van der Waals surface area (Å²) >= 11 is 0. The smallest absolute Gasteiger partial charge is 0.192 e. The van der Waals surface area contributed by atoms with E-state index in [9.17, 15) is 4.79 Å². The summed E-state index contributed by atoms with van der Waals surface area (Å²) in [5.41, 5.74) is -0.269. The molecular formula is C34H62O5Si2. The molecule has 4 aliphatic carbocycles. The molecule has 41 heavy (non-hydrogen) atoms. The van der Waals surface area contributed by atoms with E-state index >= 15 is 0 Å². The molecule has 10 atom stereocenters. The fourth-order valence-electron chi connectivity index (χ4n) is 9.34. The average molecular weight is 607 g/mol. The number of hydrogen-bond acceptors (Lipinski definition) is 5. The van der Waals surface area contributed by atoms with Gasteiger partial charge in [-0.3, -0.25) is 4.79 Å². The van der Waals surface area contributed by atoms with E-state index in [1.54, 1.807) is 0 Å². The van der Waals surface area contributed by atoms with Crippen LogP contribution in [-0.2, 0) is 23.1 Å². The fourth-order valence-corrected chi connectivity index (χ4v) is 12.2. The first kappa shape index (κ1) is 32.3. The number of fused-ring (bicyclic) bond motifs is 8. The van der Waals surface area contributed by atoms with Crippen LogP contribution in [0.1, 0.15) is 108 Å². The Morgan fingerprint density at radius 1 is 0.756 bits per heavy atom. The Balaban J connectivity index is 1.48. The average Bonchev–Trinajstić information content (AvgIpc) is 3.29. The summed E-state index contributed by atoms with van der Waals surface area (Å²) in [5.74, 6) is 1.07. The molecule has 236 valence electrons. The molecule has 4 saturated carbocycles. The van der Waals surface area contributed by atoms with Crippen molar-refractivity contribution in [1.82, 2.24) is 0 Å². The van der Waals surface area contributed by atoms with E-state index in [2.05, 4.69) is 95.4 Å². The molecule has 1 aliphatic heterocycles. The zero-order valence-corrected chi connectivity index (χ0v) is 30.9. The van der Waals surface area contributed by atoms with E-state index in [-0.39, 0.29) is 51.2 Å². The highest BCUT2D eigenvalue weighted by Gasteiger charge is 2.71. The van der Waals surface area contributed by atoms with Crippen LogP contribution >= 0.6 is 0 Å². The molecule has 0 radical (unpaired) electrons. The molecule has 0 amide bonds. The summed E-state index contributed by atoms with van der Waals surface area (Å²) in [6.07, 6.45) is 6.18. The Kier molecular flexibility index (Phi) is 7.67. The van der Waals surface area contributed by atoms with Gasteiger partial charge in [0.2, 0.25) is 0 Å². The van der Waals surface area contributed by atoms with Crippen molar-refractivity contribution in [2.75, 3.05) is 0 Å². The van der Waals surface area contributed by atoms with Crippen molar-refractivity contribution in [3.8, 4) is 0 Å². The molecule has 0 N–H and O–H groups in total. The summed E-state index contributed by atoms with van der Waals surface area (Å²) in [6, 6.07) is 0. The maximum absolute atomic E-state index is 14.5. The molecule has 4 unspecified atom stereocenters. The van der Waals surface area contributed by atoms with Gasteiger partial charge >= 0.3 is 0 Å². The monoisotopic (exact) mass is 606 g/mol. The topological polar surface area (TPSA) is 54.0 Å². The van der Waals surface area contributed by atoms with Gasteiger partial charge in [0.15, 0.2) is 22.4 Å². The van der Waals surface area contributed by atoms with Crippen LogP contribution in [0.25, 0.3) is 0 Å². The van der Waals surface area contributed by atoms with Gasteiger partial charge in [-0.05, 0) is 105 Å². The zero-order chi connectivity index (χ0) is 30.8. The minimum atomic E-state index is -2.00. The third kappa shape index (κ3) is 5.03. The second-order valence-electron chi connectivity index (χ2n) is 18.6. The first-order valence-corrected chi connectivity index (χ1v) is 22.5. The van der Waals surface area contributed by atoms with Crippen LogP contribution in [0.2, 0.25) is 36.3 Å². The molecular weight excluding hydrogens is 545 g/mol. The highest BCUT2D eigenvalue weighted by Crippen LogP contribution is 2.68. The maximum Gasteiger partial charge on any atom is 0.192 e. The molecule has 5 nitrogen and oxygen atoms in total. The lowest BCUT2D eigenvalue weighted by Gasteiger charge is -2.62. The Bertz CT molecular complexity index is 1040. The summed E-state index contributed by atoms with van der Waals surface area (Å²) in [5, 5.41) is 0.310. The molecule has 5 rings (SSSR count). The summed E-state index contributed by atoms with van der Waals surface area (Å²) in [7, 11) is -3.90. The van der Waals surface area contributed by atoms with Crippen LogP contribution in [0.4, 0.5) is 0 Å². The fraction of sp³-hybridized carbons (Fsp3) is 0.971. The number of Topliss-reactive ketones (excluding diaryl/α,β-unsaturated/α-hetero) is 1. The van der Waals surface area contributed by atoms with Crippen molar-refractivity contribution in [1.29, 1.82) is 0 Å². The van der Waals surface area contributed by atoms with E-state index in [0.717, 1.165) is 32.1 Å². The normalized spacial score (nSPS) is 44.7. The van der Waals surface area contributed by atoms with Gasteiger partial charge in [0, 0.05) is 17.8 Å². The summed E-state index contributed by atoms with van der Waals surface area (Å²) in [6.45, 7) is 32.3. The van der Waals surface area contributed by atoms with Crippen molar-refractivity contribution in [3.05, 3.63) is 0 Å². The molecule has 5 fully saturated rings. The van der Waals surface area contributed by atoms with Crippen LogP contribution in [0.15, 0.2) is 0 Å². The third-order valence-corrected chi connectivity index (χ3v) is 22.8. The quantitative estimate of drug-likeness (QED) is 0.300. The predicted molar refractivity (Wildman–Crippen MR) is 171 cm³/mol. The summed E-state index contributed by atoms with van der Waals surface area (Å²) < 4.78 is 27.8. The molecule has 0 aromatic rings. The maximum atomic E-state index is 14.5. The largest absolute Gasteiger partial charge is 0.413 e. The Hall–Kier alpha value is -0.0562. The van der Waals surface area contributed by atoms with Gasteiger partial charge in [-0.1, -0.05) is 55.4 Å². The van der Waals surface area contributed by atoms with Crippen molar-refractivity contribution < 1.29 is 23.1 Å². The van der Waals surface area contributed by atoms with E-state index in [4.69, 9.17) is 18.3 Å². The molecule has 1 heterocycles. The summed E-state index contributed by atoms with van der Waals surface area (Å²) in [4.78, 5) is 14.5. The van der Waals surface area contributed by atoms with Crippen LogP contribution in [0.3, 0.4) is 0 Å². The van der Waals surface area contributed by atoms with Gasteiger partial charge in [0.25, 0.3) is 0 Å². The number of ether oxygens (including phenoxy) is 2. The number of carbonyl (C=O) groups excluding carboxylic acids is 1. The lowest BCUT2D eigenvalue weighted by molar-refractivity contribution is -0.193. The van der Waals surface area contributed by atoms with E-state index in [0.29, 0.717) is 30.0 Å². The van der Waals surface area contributed by atoms with Crippen LogP contribution in [-0.4, -0.2) is 52.6 Å². The van der Waals surface area contributed by atoms with Crippen molar-refractivity contribution in [2.24, 2.45) is 34.5 Å². The van der Waals surface area contributed by atoms with Gasteiger partial charge < -0.3 is 18.3 Å². The first-order chi connectivity index (χ1) is 18.4. The first-order valence-electron chi connectivity index (χ1n) is 16.7. The van der Waals surface area contributed by atoms with E-state index in [1.165, 1.54) is 0 Å². The SMILES string of the molecule is CC1(C)O[C@@H]2C3C(CC[C@@]4(C)C3CC[C@@H]4O[Si](C)(C)C(C)(C)C)[C@@]3(C)C(=O)C[C@H](O[Si](C)(C)C(C)(C)C)CC3[C@H]2O1. The minimum absolute atomic E-state index is 0.0197. The minimum Gasteiger partial charge on any atom is -0.413 e. The standard InChI is InChI=1S/C34H62O5Si2/c1-30(2,3)40(11,12)38-21-19-24-28-29(37-32(7,8)36-28)27-22-15-16-26(39-41(13,14)31(4,5)6)33(22,9)18-17-23(27)34(24,10)25(35)20-21/h21-24,26-29H,15-20H2,1-14H3/t21-,22?,23?,24?,26+,27?,28-,29-,33+,34-/m1/s1. The third-order valence-electron chi connectivity index (χ3n) is 13.8. The van der Waals surface area contributed by atoms with Gasteiger partial charge in [0.1, 0.15) is 5.78 Å². The van der Waals surface area contributed by atoms with Gasteiger partial charge in [-0.2, -0.15) is 0 Å². The molecule has 0 bridgehead atoms. The van der Waals surface area contributed by atoms with Gasteiger partial charge in [-0.15, -0.1) is 0 Å². The molecule has 0 aromatic carbocycles. The Labute approximate surface area is 253 Å². The van der Waals surface area contributed by atoms with Crippen LogP contribution in [0.5, 0.6) is 0 Å². The highest BCUT2D eigenvalue weighted by atomic mass is 28.4. The van der Waals surface area contributed by atoms with Crippen molar-refractivity contribution in [3.63, 3.8) is 0 Å². The van der Waals surface area contributed by atoms with E-state index in [1.807, 2.05) is 0 Å². The number of ketones is 1. The van der Waals surface area contributed by atoms with Crippen molar-refractivity contribution >= 4 is 22.4 Å². The van der Waals surface area contributed by atoms with Crippen molar-refractivity contribution in [2.45, 2.75) is 174 Å². The van der Waals surface area contributed by atoms with Gasteiger partial charge in [0.05, 0.1) is 24.4 Å². The number of rotatable bonds is 4. The molecule has 0 spiro atoms. The Morgan fingerprint density at radius 2 is 1.32 bits per heavy atom. The van der Waals surface area contributed by atoms with E-state index < -0.39 is 22.4 Å². The second-order valence-corrected chi connectivity index (χ2v) is 28.1. The lowest BCUT2D eigenvalue weighted by atomic mass is 9.43. The van der Waals surface area contributed by atoms with Crippen LogP contribution < -0.4 is 0 Å². The molecule has 0 aromatic heterocycles. The number of hydrogen-bond donors (Lipinski definition) is 0. The number of carbonyl (C=O) groups is 1. The Morgan fingerprint density at radius 3 is 1.90 bits per heavy atom.